The number of hydrogen-bond acceptors (Lipinski definition) is 11. The molecule has 0 aromatic rings. The number of aliphatic hydroxyl groups is 2. The molecular formula is C69H122O12. The predicted octanol–water partition coefficient (Wildman–Crippen LogP) is 18.1. The quantitative estimate of drug-likeness (QED) is 0.0228. The molecule has 0 aliphatic carbocycles. The standard InChI is InChI=1S/C69H122O12/c1-4-7-10-13-16-19-22-25-28-30-31-33-35-37-40-43-46-49-52-55-61(70)77-58-60(79-62(71)56-53-50-47-44-41-38-34-27-24-21-18-15-12-9-6-3)59-78-69-67(65(74)64(73)66(81-69)68(75)76)80-63(72)57-54-51-48-45-42-39-36-32-29-26-23-20-17-14-11-8-5-2/h9,12,18,21,26-27,29,34,60,64-67,69,73-74H,4-8,10-11,13-17,19-20,22-25,28,30-33,35-59H2,1-3H3,(H,75,76)/b12-9-,21-18-,29-26-,34-27-. The highest BCUT2D eigenvalue weighted by atomic mass is 16.7. The van der Waals surface area contributed by atoms with Crippen LogP contribution in [-0.2, 0) is 42.9 Å². The third-order valence-electron chi connectivity index (χ3n) is 15.4. The number of aliphatic hydroxyl groups excluding tert-OH is 2. The number of unbranched alkanes of at least 4 members (excludes halogenated alkanes) is 36. The lowest BCUT2D eigenvalue weighted by Crippen LogP contribution is -2.61. The van der Waals surface area contributed by atoms with Crippen LogP contribution in [0.15, 0.2) is 48.6 Å². The first-order valence-electron chi connectivity index (χ1n) is 33.6. The number of allylic oxidation sites excluding steroid dienone is 8. The van der Waals surface area contributed by atoms with Crippen LogP contribution in [0.5, 0.6) is 0 Å². The fourth-order valence-electron chi connectivity index (χ4n) is 10.3. The molecule has 0 spiro atoms. The van der Waals surface area contributed by atoms with Gasteiger partial charge in [0.05, 0.1) is 6.61 Å². The Morgan fingerprint density at radius 3 is 1.20 bits per heavy atom. The average molecular weight is 1140 g/mol. The first kappa shape index (κ1) is 75.7. The summed E-state index contributed by atoms with van der Waals surface area (Å²) in [6.07, 6.45) is 57.8. The first-order chi connectivity index (χ1) is 39.6. The van der Waals surface area contributed by atoms with E-state index in [1.807, 2.05) is 0 Å². The summed E-state index contributed by atoms with van der Waals surface area (Å²) in [4.78, 5) is 51.4. The third kappa shape index (κ3) is 46.7. The molecule has 470 valence electrons. The number of carboxylic acids is 1. The Kier molecular flexibility index (Phi) is 53.4. The number of hydrogen-bond donors (Lipinski definition) is 3. The van der Waals surface area contributed by atoms with Gasteiger partial charge in [0.1, 0.15) is 18.8 Å². The van der Waals surface area contributed by atoms with E-state index in [0.717, 1.165) is 103 Å². The molecule has 0 aromatic carbocycles. The van der Waals surface area contributed by atoms with Crippen molar-refractivity contribution in [1.82, 2.24) is 0 Å². The molecule has 12 nitrogen and oxygen atoms in total. The van der Waals surface area contributed by atoms with Crippen molar-refractivity contribution in [1.29, 1.82) is 0 Å². The summed E-state index contributed by atoms with van der Waals surface area (Å²) in [5.41, 5.74) is 0. The van der Waals surface area contributed by atoms with E-state index in [-0.39, 0.29) is 25.9 Å². The minimum atomic E-state index is -1.91. The van der Waals surface area contributed by atoms with E-state index in [2.05, 4.69) is 69.4 Å². The van der Waals surface area contributed by atoms with Gasteiger partial charge in [-0.15, -0.1) is 0 Å². The fraction of sp³-hybridized carbons (Fsp3) is 0.826. The van der Waals surface area contributed by atoms with Gasteiger partial charge in [-0.2, -0.15) is 0 Å². The number of carboxylic acid groups (broad SMARTS) is 1. The van der Waals surface area contributed by atoms with Crippen LogP contribution in [-0.4, -0.2) is 89.2 Å². The molecule has 1 aliphatic heterocycles. The maximum absolute atomic E-state index is 13.2. The molecule has 12 heteroatoms. The summed E-state index contributed by atoms with van der Waals surface area (Å²) in [7, 11) is 0. The van der Waals surface area contributed by atoms with Crippen LogP contribution in [0, 0.1) is 0 Å². The zero-order valence-corrected chi connectivity index (χ0v) is 52.0. The van der Waals surface area contributed by atoms with E-state index in [1.54, 1.807) is 0 Å². The zero-order chi connectivity index (χ0) is 58.9. The van der Waals surface area contributed by atoms with Crippen LogP contribution in [0.4, 0.5) is 0 Å². The average Bonchev–Trinajstić information content (AvgIpc) is 3.53. The summed E-state index contributed by atoms with van der Waals surface area (Å²) < 4.78 is 28.6. The second kappa shape index (κ2) is 57.1. The SMILES string of the molecule is CC/C=C\C/C=C\C/C=C\CCCCCCCC(=O)OC(COC(=O)CCCCCCCCCCCCCCCCCCCCC)COC1OC(C(=O)O)C(O)C(O)C1OC(=O)CCCCCCCCC/C=C\CCCCCCCC. The van der Waals surface area contributed by atoms with Gasteiger partial charge in [-0.25, -0.2) is 4.79 Å². The number of rotatable bonds is 58. The van der Waals surface area contributed by atoms with Crippen molar-refractivity contribution in [2.75, 3.05) is 13.2 Å². The number of carbonyl (C=O) groups excluding carboxylic acids is 3. The van der Waals surface area contributed by atoms with Crippen LogP contribution in [0.25, 0.3) is 0 Å². The molecule has 3 N–H and O–H groups in total. The highest BCUT2D eigenvalue weighted by Gasteiger charge is 2.50. The lowest BCUT2D eigenvalue weighted by Gasteiger charge is -2.40. The monoisotopic (exact) mass is 1140 g/mol. The molecule has 6 unspecified atom stereocenters. The fourth-order valence-corrected chi connectivity index (χ4v) is 10.3. The number of aliphatic carboxylic acids is 1. The molecule has 81 heavy (non-hydrogen) atoms. The number of carbonyl (C=O) groups is 4. The van der Waals surface area contributed by atoms with Gasteiger partial charge in [-0.05, 0) is 77.0 Å². The highest BCUT2D eigenvalue weighted by molar-refractivity contribution is 5.74. The molecule has 1 saturated heterocycles. The Balaban J connectivity index is 2.63. The molecule has 1 rings (SSSR count). The van der Waals surface area contributed by atoms with Crippen molar-refractivity contribution in [2.45, 2.75) is 353 Å². The van der Waals surface area contributed by atoms with Gasteiger partial charge < -0.3 is 39.0 Å². The Bertz CT molecular complexity index is 1590. The van der Waals surface area contributed by atoms with Crippen LogP contribution in [0.2, 0.25) is 0 Å². The molecule has 0 radical (unpaired) electrons. The normalized spacial score (nSPS) is 18.0. The van der Waals surface area contributed by atoms with Crippen molar-refractivity contribution in [3.63, 3.8) is 0 Å². The van der Waals surface area contributed by atoms with E-state index in [1.165, 1.54) is 154 Å². The molecule has 0 aromatic heterocycles. The topological polar surface area (TPSA) is 175 Å². The largest absolute Gasteiger partial charge is 0.479 e. The van der Waals surface area contributed by atoms with Crippen LogP contribution >= 0.6 is 0 Å². The van der Waals surface area contributed by atoms with Crippen molar-refractivity contribution in [2.24, 2.45) is 0 Å². The van der Waals surface area contributed by atoms with Crippen molar-refractivity contribution in [3.8, 4) is 0 Å². The first-order valence-corrected chi connectivity index (χ1v) is 33.6. The lowest BCUT2D eigenvalue weighted by atomic mass is 9.98. The Hall–Kier alpha value is -3.32. The smallest absolute Gasteiger partial charge is 0.335 e. The molecule has 0 amide bonds. The van der Waals surface area contributed by atoms with E-state index in [4.69, 9.17) is 23.7 Å². The van der Waals surface area contributed by atoms with Crippen molar-refractivity contribution < 1.29 is 58.2 Å². The van der Waals surface area contributed by atoms with E-state index in [0.29, 0.717) is 19.3 Å². The summed E-state index contributed by atoms with van der Waals surface area (Å²) >= 11 is 0. The number of esters is 3. The van der Waals surface area contributed by atoms with Crippen molar-refractivity contribution >= 4 is 23.9 Å². The van der Waals surface area contributed by atoms with E-state index >= 15 is 0 Å². The van der Waals surface area contributed by atoms with Gasteiger partial charge in [-0.3, -0.25) is 14.4 Å². The lowest BCUT2D eigenvalue weighted by molar-refractivity contribution is -0.301. The Morgan fingerprint density at radius 2 is 0.778 bits per heavy atom. The molecule has 6 atom stereocenters. The van der Waals surface area contributed by atoms with E-state index in [9.17, 15) is 34.5 Å². The Morgan fingerprint density at radius 1 is 0.420 bits per heavy atom. The second-order valence-electron chi connectivity index (χ2n) is 23.1. The minimum Gasteiger partial charge on any atom is -0.479 e. The van der Waals surface area contributed by atoms with Gasteiger partial charge in [0, 0.05) is 19.3 Å². The summed E-state index contributed by atoms with van der Waals surface area (Å²) in [6.45, 7) is 5.92. The summed E-state index contributed by atoms with van der Waals surface area (Å²) in [6, 6.07) is 0. The summed E-state index contributed by atoms with van der Waals surface area (Å²) in [5.74, 6) is -3.12. The highest BCUT2D eigenvalue weighted by Crippen LogP contribution is 2.27. The maximum atomic E-state index is 13.2. The molecule has 0 saturated carbocycles. The Labute approximate surface area is 494 Å². The molecule has 1 fully saturated rings. The number of ether oxygens (including phenoxy) is 5. The van der Waals surface area contributed by atoms with Crippen LogP contribution in [0.3, 0.4) is 0 Å². The van der Waals surface area contributed by atoms with Gasteiger partial charge >= 0.3 is 23.9 Å². The van der Waals surface area contributed by atoms with Crippen LogP contribution in [0.1, 0.15) is 316 Å². The molecule has 1 aliphatic rings. The minimum absolute atomic E-state index is 0.0555. The molecule has 0 bridgehead atoms. The summed E-state index contributed by atoms with van der Waals surface area (Å²) in [5, 5.41) is 31.6. The second-order valence-corrected chi connectivity index (χ2v) is 23.1. The van der Waals surface area contributed by atoms with Crippen molar-refractivity contribution in [3.05, 3.63) is 48.6 Å². The molecular weight excluding hydrogens is 1020 g/mol. The molecule has 1 heterocycles. The zero-order valence-electron chi connectivity index (χ0n) is 52.0. The van der Waals surface area contributed by atoms with Gasteiger partial charge in [0.15, 0.2) is 24.6 Å². The predicted molar refractivity (Wildman–Crippen MR) is 331 cm³/mol. The van der Waals surface area contributed by atoms with Gasteiger partial charge in [0.2, 0.25) is 0 Å². The maximum Gasteiger partial charge on any atom is 0.335 e. The van der Waals surface area contributed by atoms with Gasteiger partial charge in [0.25, 0.3) is 0 Å². The third-order valence-corrected chi connectivity index (χ3v) is 15.4. The van der Waals surface area contributed by atoms with E-state index < -0.39 is 67.3 Å². The van der Waals surface area contributed by atoms with Crippen LogP contribution < -0.4 is 0 Å². The van der Waals surface area contributed by atoms with Gasteiger partial charge in [-0.1, -0.05) is 268 Å².